The van der Waals surface area contributed by atoms with Gasteiger partial charge in [-0.1, -0.05) is 43.2 Å². The Kier molecular flexibility index (Phi) is 5.20. The van der Waals surface area contributed by atoms with E-state index in [2.05, 4.69) is 5.32 Å². The lowest BCUT2D eigenvalue weighted by Gasteiger charge is -2.23. The SMILES string of the molecule is O=C(NCCC1(C(=O)O)CCCC1)OCc1ccccc1. The van der Waals surface area contributed by atoms with Gasteiger partial charge in [0.05, 0.1) is 5.41 Å². The summed E-state index contributed by atoms with van der Waals surface area (Å²) in [7, 11) is 0. The second-order valence-corrected chi connectivity index (χ2v) is 5.53. The predicted molar refractivity (Wildman–Crippen MR) is 77.8 cm³/mol. The van der Waals surface area contributed by atoms with Crippen molar-refractivity contribution >= 4 is 12.1 Å². The van der Waals surface area contributed by atoms with Gasteiger partial charge in [-0.2, -0.15) is 0 Å². The van der Waals surface area contributed by atoms with Gasteiger partial charge in [0.15, 0.2) is 0 Å². The van der Waals surface area contributed by atoms with Crippen molar-refractivity contribution in [1.82, 2.24) is 5.32 Å². The standard InChI is InChI=1S/C16H21NO4/c18-14(19)16(8-4-5-9-16)10-11-17-15(20)21-12-13-6-2-1-3-7-13/h1-3,6-7H,4-5,8-12H2,(H,17,20)(H,18,19). The van der Waals surface area contributed by atoms with Crippen LogP contribution in [0.1, 0.15) is 37.7 Å². The van der Waals surface area contributed by atoms with Crippen molar-refractivity contribution in [3.63, 3.8) is 0 Å². The van der Waals surface area contributed by atoms with Crippen LogP contribution in [0.2, 0.25) is 0 Å². The highest BCUT2D eigenvalue weighted by Crippen LogP contribution is 2.40. The van der Waals surface area contributed by atoms with Crippen molar-refractivity contribution in [2.75, 3.05) is 6.54 Å². The average Bonchev–Trinajstić information content (AvgIpc) is 2.96. The van der Waals surface area contributed by atoms with Crippen LogP contribution in [0.15, 0.2) is 30.3 Å². The summed E-state index contributed by atoms with van der Waals surface area (Å²) in [6.07, 6.45) is 3.25. The van der Waals surface area contributed by atoms with E-state index in [0.717, 1.165) is 18.4 Å². The molecule has 1 aromatic rings. The lowest BCUT2D eigenvalue weighted by Crippen LogP contribution is -2.34. The van der Waals surface area contributed by atoms with Crippen molar-refractivity contribution in [1.29, 1.82) is 0 Å². The van der Waals surface area contributed by atoms with Gasteiger partial charge in [0.25, 0.3) is 0 Å². The lowest BCUT2D eigenvalue weighted by molar-refractivity contribution is -0.149. The third kappa shape index (κ3) is 4.21. The van der Waals surface area contributed by atoms with Gasteiger partial charge < -0.3 is 15.2 Å². The Balaban J connectivity index is 1.70. The fourth-order valence-electron chi connectivity index (χ4n) is 2.80. The molecular formula is C16H21NO4. The van der Waals surface area contributed by atoms with E-state index >= 15 is 0 Å². The number of aliphatic carboxylic acids is 1. The van der Waals surface area contributed by atoms with Crippen LogP contribution in [0.5, 0.6) is 0 Å². The lowest BCUT2D eigenvalue weighted by atomic mass is 9.83. The molecule has 114 valence electrons. The molecule has 2 rings (SSSR count). The maximum Gasteiger partial charge on any atom is 0.407 e. The van der Waals surface area contributed by atoms with E-state index in [4.69, 9.17) is 4.74 Å². The maximum atomic E-state index is 11.6. The summed E-state index contributed by atoms with van der Waals surface area (Å²) in [6.45, 7) is 0.552. The molecule has 1 fully saturated rings. The molecule has 0 unspecified atom stereocenters. The first-order valence-electron chi connectivity index (χ1n) is 7.30. The third-order valence-corrected chi connectivity index (χ3v) is 4.10. The van der Waals surface area contributed by atoms with Crippen molar-refractivity contribution in [3.05, 3.63) is 35.9 Å². The number of hydrogen-bond acceptors (Lipinski definition) is 3. The molecule has 5 heteroatoms. The quantitative estimate of drug-likeness (QED) is 0.845. The van der Waals surface area contributed by atoms with Gasteiger partial charge in [-0.15, -0.1) is 0 Å². The fraction of sp³-hybridized carbons (Fsp3) is 0.500. The molecule has 5 nitrogen and oxygen atoms in total. The van der Waals surface area contributed by atoms with Crippen LogP contribution in [0.25, 0.3) is 0 Å². The minimum atomic E-state index is -0.751. The topological polar surface area (TPSA) is 75.6 Å². The number of rotatable bonds is 6. The first kappa shape index (κ1) is 15.4. The predicted octanol–water partition coefficient (Wildman–Crippen LogP) is 2.95. The van der Waals surface area contributed by atoms with Crippen molar-refractivity contribution in [3.8, 4) is 0 Å². The van der Waals surface area contributed by atoms with Crippen LogP contribution in [0.4, 0.5) is 4.79 Å². The van der Waals surface area contributed by atoms with Crippen molar-refractivity contribution < 1.29 is 19.4 Å². The monoisotopic (exact) mass is 291 g/mol. The molecule has 0 heterocycles. The Morgan fingerprint density at radius 3 is 2.48 bits per heavy atom. The summed E-state index contributed by atoms with van der Waals surface area (Å²) < 4.78 is 5.09. The highest BCUT2D eigenvalue weighted by molar-refractivity contribution is 5.75. The summed E-state index contributed by atoms with van der Waals surface area (Å²) in [5.74, 6) is -0.751. The van der Waals surface area contributed by atoms with Gasteiger partial charge in [-0.25, -0.2) is 4.79 Å². The Hall–Kier alpha value is -2.04. The minimum absolute atomic E-state index is 0.219. The smallest absolute Gasteiger partial charge is 0.407 e. The normalized spacial score (nSPS) is 16.4. The molecule has 0 spiro atoms. The molecule has 2 N–H and O–H groups in total. The zero-order valence-electron chi connectivity index (χ0n) is 12.0. The first-order valence-corrected chi connectivity index (χ1v) is 7.30. The molecule has 1 aliphatic carbocycles. The molecular weight excluding hydrogens is 270 g/mol. The van der Waals surface area contributed by atoms with E-state index in [-0.39, 0.29) is 6.61 Å². The molecule has 1 amide bonds. The molecule has 1 aliphatic rings. The van der Waals surface area contributed by atoms with Crippen molar-refractivity contribution in [2.45, 2.75) is 38.7 Å². The average molecular weight is 291 g/mol. The summed E-state index contributed by atoms with van der Waals surface area (Å²) in [4.78, 5) is 22.9. The van der Waals surface area contributed by atoms with Crippen molar-refractivity contribution in [2.24, 2.45) is 5.41 Å². The Morgan fingerprint density at radius 2 is 1.86 bits per heavy atom. The summed E-state index contributed by atoms with van der Waals surface area (Å²) in [5, 5.41) is 12.0. The zero-order valence-corrected chi connectivity index (χ0v) is 12.0. The maximum absolute atomic E-state index is 11.6. The molecule has 1 aromatic carbocycles. The summed E-state index contributed by atoms with van der Waals surface area (Å²) in [6, 6.07) is 9.42. The van der Waals surface area contributed by atoms with Crippen LogP contribution < -0.4 is 5.32 Å². The fourth-order valence-corrected chi connectivity index (χ4v) is 2.80. The molecule has 1 saturated carbocycles. The number of alkyl carbamates (subject to hydrolysis) is 1. The number of benzene rings is 1. The molecule has 0 bridgehead atoms. The van der Waals surface area contributed by atoms with Gasteiger partial charge in [0.1, 0.15) is 6.61 Å². The Morgan fingerprint density at radius 1 is 1.19 bits per heavy atom. The Bertz CT molecular complexity index is 480. The van der Waals surface area contributed by atoms with E-state index in [1.807, 2.05) is 30.3 Å². The second kappa shape index (κ2) is 7.11. The number of carboxylic acid groups (broad SMARTS) is 1. The number of nitrogens with one attached hydrogen (secondary N) is 1. The molecule has 0 aromatic heterocycles. The van der Waals surface area contributed by atoms with Crippen LogP contribution in [-0.2, 0) is 16.1 Å². The number of ether oxygens (including phenoxy) is 1. The van der Waals surface area contributed by atoms with E-state index < -0.39 is 17.5 Å². The first-order chi connectivity index (χ1) is 10.1. The molecule has 0 aliphatic heterocycles. The molecule has 0 radical (unpaired) electrons. The molecule has 21 heavy (non-hydrogen) atoms. The highest BCUT2D eigenvalue weighted by atomic mass is 16.5. The van der Waals surface area contributed by atoms with Crippen LogP contribution in [0, 0.1) is 5.41 Å². The third-order valence-electron chi connectivity index (χ3n) is 4.10. The van der Waals surface area contributed by atoms with Gasteiger partial charge >= 0.3 is 12.1 Å². The van der Waals surface area contributed by atoms with E-state index in [0.29, 0.717) is 25.8 Å². The van der Waals surface area contributed by atoms with Gasteiger partial charge in [0.2, 0.25) is 0 Å². The second-order valence-electron chi connectivity index (χ2n) is 5.53. The van der Waals surface area contributed by atoms with E-state index in [9.17, 15) is 14.7 Å². The number of carbonyl (C=O) groups excluding carboxylic acids is 1. The molecule has 0 saturated heterocycles. The zero-order chi connectivity index (χ0) is 15.1. The largest absolute Gasteiger partial charge is 0.481 e. The number of hydrogen-bond donors (Lipinski definition) is 2. The number of amides is 1. The highest BCUT2D eigenvalue weighted by Gasteiger charge is 2.40. The van der Waals surface area contributed by atoms with Gasteiger partial charge in [-0.05, 0) is 24.8 Å². The number of carboxylic acids is 1. The molecule has 0 atom stereocenters. The summed E-state index contributed by atoms with van der Waals surface area (Å²) >= 11 is 0. The van der Waals surface area contributed by atoms with Crippen LogP contribution in [-0.4, -0.2) is 23.7 Å². The van der Waals surface area contributed by atoms with Crippen LogP contribution in [0.3, 0.4) is 0 Å². The summed E-state index contributed by atoms with van der Waals surface area (Å²) in [5.41, 5.74) is 0.262. The van der Waals surface area contributed by atoms with Gasteiger partial charge in [0, 0.05) is 6.54 Å². The Labute approximate surface area is 124 Å². The minimum Gasteiger partial charge on any atom is -0.481 e. The number of carbonyl (C=O) groups is 2. The van der Waals surface area contributed by atoms with Crippen LogP contribution >= 0.6 is 0 Å². The van der Waals surface area contributed by atoms with Gasteiger partial charge in [-0.3, -0.25) is 4.79 Å². The van der Waals surface area contributed by atoms with E-state index in [1.54, 1.807) is 0 Å². The van der Waals surface area contributed by atoms with E-state index in [1.165, 1.54) is 0 Å².